The monoisotopic (exact) mass is 305 g/mol. The maximum atomic E-state index is 12.1. The third-order valence-corrected chi connectivity index (χ3v) is 3.77. The number of carbonyl (C=O) groups is 1. The quantitative estimate of drug-likeness (QED) is 0.899. The van der Waals surface area contributed by atoms with E-state index in [4.69, 9.17) is 4.74 Å². The standard InChI is InChI=1S/C18H27NO3/c1-18(2,3)22-16-10-4-13(5-11-16)12-17(21)19-14-6-8-15(20)9-7-14/h4-5,10-11,14-15,20H,6-9,12H2,1-3H3,(H,19,21). The zero-order chi connectivity index (χ0) is 16.2. The lowest BCUT2D eigenvalue weighted by Crippen LogP contribution is -2.39. The third kappa shape index (κ3) is 5.68. The normalized spacial score (nSPS) is 22.2. The summed E-state index contributed by atoms with van der Waals surface area (Å²) in [5.41, 5.74) is 0.763. The predicted molar refractivity (Wildman–Crippen MR) is 86.9 cm³/mol. The Morgan fingerprint density at radius 2 is 1.77 bits per heavy atom. The van der Waals surface area contributed by atoms with Gasteiger partial charge in [-0.3, -0.25) is 4.79 Å². The van der Waals surface area contributed by atoms with E-state index >= 15 is 0 Å². The molecular weight excluding hydrogens is 278 g/mol. The summed E-state index contributed by atoms with van der Waals surface area (Å²) < 4.78 is 5.77. The van der Waals surface area contributed by atoms with Gasteiger partial charge in [0, 0.05) is 6.04 Å². The number of hydrogen-bond donors (Lipinski definition) is 2. The molecule has 0 atom stereocenters. The first-order chi connectivity index (χ1) is 10.3. The number of nitrogens with one attached hydrogen (secondary N) is 1. The Kier molecular flexibility index (Phi) is 5.46. The second kappa shape index (κ2) is 7.14. The Hall–Kier alpha value is -1.55. The van der Waals surface area contributed by atoms with Crippen LogP contribution in [0, 0.1) is 0 Å². The largest absolute Gasteiger partial charge is 0.488 e. The fourth-order valence-corrected chi connectivity index (χ4v) is 2.71. The summed E-state index contributed by atoms with van der Waals surface area (Å²) in [6.45, 7) is 6.03. The van der Waals surface area contributed by atoms with Crippen molar-refractivity contribution < 1.29 is 14.6 Å². The highest BCUT2D eigenvalue weighted by molar-refractivity contribution is 5.78. The van der Waals surface area contributed by atoms with Crippen LogP contribution in [0.25, 0.3) is 0 Å². The van der Waals surface area contributed by atoms with E-state index in [0.29, 0.717) is 6.42 Å². The molecule has 1 aromatic carbocycles. The first kappa shape index (κ1) is 16.8. The van der Waals surface area contributed by atoms with E-state index in [0.717, 1.165) is 37.0 Å². The molecule has 1 aliphatic rings. The summed E-state index contributed by atoms with van der Waals surface area (Å²) in [5, 5.41) is 12.5. The SMILES string of the molecule is CC(C)(C)Oc1ccc(CC(=O)NC2CCC(O)CC2)cc1. The number of rotatable bonds is 4. The molecule has 0 unspecified atom stereocenters. The van der Waals surface area contributed by atoms with Crippen LogP contribution in [-0.2, 0) is 11.2 Å². The average Bonchev–Trinajstić information content (AvgIpc) is 2.42. The highest BCUT2D eigenvalue weighted by Crippen LogP contribution is 2.20. The second-order valence-corrected chi connectivity index (χ2v) is 7.11. The van der Waals surface area contributed by atoms with E-state index in [2.05, 4.69) is 5.32 Å². The highest BCUT2D eigenvalue weighted by atomic mass is 16.5. The van der Waals surface area contributed by atoms with Crippen LogP contribution in [0.1, 0.15) is 52.0 Å². The predicted octanol–water partition coefficient (Wildman–Crippen LogP) is 2.83. The number of benzene rings is 1. The molecular formula is C18H27NO3. The van der Waals surface area contributed by atoms with Crippen molar-refractivity contribution in [3.8, 4) is 5.75 Å². The van der Waals surface area contributed by atoms with Crippen LogP contribution in [0.5, 0.6) is 5.75 Å². The maximum absolute atomic E-state index is 12.1. The van der Waals surface area contributed by atoms with Gasteiger partial charge in [0.15, 0.2) is 0 Å². The summed E-state index contributed by atoms with van der Waals surface area (Å²) in [5.74, 6) is 0.865. The third-order valence-electron chi connectivity index (χ3n) is 3.77. The van der Waals surface area contributed by atoms with Gasteiger partial charge in [-0.05, 0) is 64.2 Å². The van der Waals surface area contributed by atoms with Crippen molar-refractivity contribution in [3.63, 3.8) is 0 Å². The first-order valence-corrected chi connectivity index (χ1v) is 8.07. The van der Waals surface area contributed by atoms with E-state index in [1.54, 1.807) is 0 Å². The zero-order valence-electron chi connectivity index (χ0n) is 13.8. The van der Waals surface area contributed by atoms with Crippen LogP contribution in [-0.4, -0.2) is 28.8 Å². The van der Waals surface area contributed by atoms with Gasteiger partial charge >= 0.3 is 0 Å². The Labute approximate surface area is 132 Å². The summed E-state index contributed by atoms with van der Waals surface area (Å²) in [7, 11) is 0. The van der Waals surface area contributed by atoms with Gasteiger partial charge in [0.05, 0.1) is 12.5 Å². The van der Waals surface area contributed by atoms with Crippen molar-refractivity contribution in [3.05, 3.63) is 29.8 Å². The van der Waals surface area contributed by atoms with Crippen molar-refractivity contribution >= 4 is 5.91 Å². The molecule has 0 heterocycles. The Morgan fingerprint density at radius 3 is 2.32 bits per heavy atom. The van der Waals surface area contributed by atoms with Gasteiger partial charge in [0.1, 0.15) is 11.4 Å². The Balaban J connectivity index is 1.81. The van der Waals surface area contributed by atoms with Gasteiger partial charge in [0.2, 0.25) is 5.91 Å². The maximum Gasteiger partial charge on any atom is 0.224 e. The van der Waals surface area contributed by atoms with Crippen LogP contribution in [0.4, 0.5) is 0 Å². The van der Waals surface area contributed by atoms with Crippen molar-refractivity contribution in [1.29, 1.82) is 0 Å². The minimum Gasteiger partial charge on any atom is -0.488 e. The smallest absolute Gasteiger partial charge is 0.224 e. The lowest BCUT2D eigenvalue weighted by Gasteiger charge is -2.26. The number of carbonyl (C=O) groups excluding carboxylic acids is 1. The van der Waals surface area contributed by atoms with Gasteiger partial charge in [0.25, 0.3) is 0 Å². The summed E-state index contributed by atoms with van der Waals surface area (Å²) in [6.07, 6.45) is 3.49. The number of amides is 1. The molecule has 122 valence electrons. The van der Waals surface area contributed by atoms with E-state index in [9.17, 15) is 9.90 Å². The minimum absolute atomic E-state index is 0.0471. The molecule has 0 saturated heterocycles. The molecule has 0 spiro atoms. The van der Waals surface area contributed by atoms with Gasteiger partial charge in [-0.2, -0.15) is 0 Å². The topological polar surface area (TPSA) is 58.6 Å². The summed E-state index contributed by atoms with van der Waals surface area (Å²) in [6, 6.07) is 7.89. The Morgan fingerprint density at radius 1 is 1.18 bits per heavy atom. The molecule has 0 aliphatic heterocycles. The molecule has 1 saturated carbocycles. The van der Waals surface area contributed by atoms with Crippen LogP contribution >= 0.6 is 0 Å². The molecule has 1 aromatic rings. The van der Waals surface area contributed by atoms with Crippen LogP contribution < -0.4 is 10.1 Å². The fourth-order valence-electron chi connectivity index (χ4n) is 2.71. The van der Waals surface area contributed by atoms with Gasteiger partial charge in [-0.1, -0.05) is 12.1 Å². The van der Waals surface area contributed by atoms with Crippen molar-refractivity contribution in [1.82, 2.24) is 5.32 Å². The molecule has 4 nitrogen and oxygen atoms in total. The molecule has 2 rings (SSSR count). The lowest BCUT2D eigenvalue weighted by molar-refractivity contribution is -0.121. The number of aliphatic hydroxyl groups excluding tert-OH is 1. The molecule has 0 bridgehead atoms. The van der Waals surface area contributed by atoms with E-state index in [1.165, 1.54) is 0 Å². The van der Waals surface area contributed by atoms with Gasteiger partial charge in [-0.25, -0.2) is 0 Å². The van der Waals surface area contributed by atoms with Crippen LogP contribution in [0.2, 0.25) is 0 Å². The molecule has 4 heteroatoms. The van der Waals surface area contributed by atoms with Crippen LogP contribution in [0.15, 0.2) is 24.3 Å². The van der Waals surface area contributed by atoms with Crippen LogP contribution in [0.3, 0.4) is 0 Å². The fraction of sp³-hybridized carbons (Fsp3) is 0.611. The second-order valence-electron chi connectivity index (χ2n) is 7.11. The van der Waals surface area contributed by atoms with E-state index in [1.807, 2.05) is 45.0 Å². The molecule has 0 radical (unpaired) electrons. The molecule has 1 fully saturated rings. The average molecular weight is 305 g/mol. The highest BCUT2D eigenvalue weighted by Gasteiger charge is 2.20. The van der Waals surface area contributed by atoms with E-state index in [-0.39, 0.29) is 23.7 Å². The van der Waals surface area contributed by atoms with E-state index < -0.39 is 0 Å². The lowest BCUT2D eigenvalue weighted by atomic mass is 9.93. The molecule has 1 amide bonds. The van der Waals surface area contributed by atoms with Crippen molar-refractivity contribution in [2.75, 3.05) is 0 Å². The number of aliphatic hydroxyl groups is 1. The summed E-state index contributed by atoms with van der Waals surface area (Å²) in [4.78, 5) is 12.1. The van der Waals surface area contributed by atoms with Gasteiger partial charge in [-0.15, -0.1) is 0 Å². The summed E-state index contributed by atoms with van der Waals surface area (Å²) >= 11 is 0. The minimum atomic E-state index is -0.218. The molecule has 0 aromatic heterocycles. The zero-order valence-corrected chi connectivity index (χ0v) is 13.8. The van der Waals surface area contributed by atoms with Crippen molar-refractivity contribution in [2.24, 2.45) is 0 Å². The first-order valence-electron chi connectivity index (χ1n) is 8.07. The molecule has 2 N–H and O–H groups in total. The van der Waals surface area contributed by atoms with Gasteiger partial charge < -0.3 is 15.2 Å². The number of hydrogen-bond acceptors (Lipinski definition) is 3. The van der Waals surface area contributed by atoms with Crippen molar-refractivity contribution in [2.45, 2.75) is 70.6 Å². The Bertz CT molecular complexity index is 482. The molecule has 1 aliphatic carbocycles. The number of ether oxygens (including phenoxy) is 1. The molecule has 22 heavy (non-hydrogen) atoms.